The second kappa shape index (κ2) is 7.67. The van der Waals surface area contributed by atoms with E-state index >= 15 is 0 Å². The number of hydrazone groups is 1. The Bertz CT molecular complexity index is 788. The lowest BCUT2D eigenvalue weighted by Crippen LogP contribution is -2.20. The van der Waals surface area contributed by atoms with Gasteiger partial charge in [-0.1, -0.05) is 57.2 Å². The SMILES string of the molecule is CSc1ccc(/C=N\NC(=O)[C@H]2C[C@H]2c2ccc(C(C)(C)C)cc2)cc1. The summed E-state index contributed by atoms with van der Waals surface area (Å²) in [5.74, 6) is 0.360. The van der Waals surface area contributed by atoms with E-state index in [-0.39, 0.29) is 17.2 Å². The molecule has 0 spiro atoms. The molecule has 1 aliphatic rings. The molecular formula is C22H26N2OS. The monoisotopic (exact) mass is 366 g/mol. The molecule has 0 heterocycles. The van der Waals surface area contributed by atoms with Gasteiger partial charge in [-0.05, 0) is 52.8 Å². The molecule has 0 bridgehead atoms. The minimum Gasteiger partial charge on any atom is -0.273 e. The third-order valence-electron chi connectivity index (χ3n) is 4.84. The zero-order chi connectivity index (χ0) is 18.7. The zero-order valence-electron chi connectivity index (χ0n) is 15.8. The number of carbonyl (C=O) groups excluding carboxylic acids is 1. The smallest absolute Gasteiger partial charge is 0.243 e. The van der Waals surface area contributed by atoms with Gasteiger partial charge < -0.3 is 0 Å². The largest absolute Gasteiger partial charge is 0.273 e. The standard InChI is InChI=1S/C22H26N2OS/c1-22(2,3)17-9-7-16(8-10-17)19-13-20(19)21(25)24-23-14-15-5-11-18(26-4)12-6-15/h5-12,14,19-20H,13H2,1-4H3,(H,24,25)/b23-14-/t19-,20-/m0/s1. The first-order valence-electron chi connectivity index (χ1n) is 8.96. The number of nitrogens with zero attached hydrogens (tertiary/aromatic N) is 1. The highest BCUT2D eigenvalue weighted by Crippen LogP contribution is 2.47. The molecule has 0 unspecified atom stereocenters. The molecule has 1 fully saturated rings. The van der Waals surface area contributed by atoms with E-state index in [9.17, 15) is 4.79 Å². The maximum absolute atomic E-state index is 12.3. The van der Waals surface area contributed by atoms with E-state index in [1.54, 1.807) is 18.0 Å². The summed E-state index contributed by atoms with van der Waals surface area (Å²) in [6.07, 6.45) is 4.64. The van der Waals surface area contributed by atoms with Crippen molar-refractivity contribution in [1.82, 2.24) is 5.43 Å². The predicted molar refractivity (Wildman–Crippen MR) is 110 cm³/mol. The van der Waals surface area contributed by atoms with E-state index < -0.39 is 0 Å². The molecule has 0 aliphatic heterocycles. The summed E-state index contributed by atoms with van der Waals surface area (Å²) in [6, 6.07) is 16.8. The van der Waals surface area contributed by atoms with Crippen molar-refractivity contribution in [2.24, 2.45) is 11.0 Å². The highest BCUT2D eigenvalue weighted by molar-refractivity contribution is 7.98. The topological polar surface area (TPSA) is 41.5 Å². The van der Waals surface area contributed by atoms with Gasteiger partial charge >= 0.3 is 0 Å². The van der Waals surface area contributed by atoms with Gasteiger partial charge in [0, 0.05) is 10.8 Å². The fourth-order valence-electron chi connectivity index (χ4n) is 3.03. The summed E-state index contributed by atoms with van der Waals surface area (Å²) in [6.45, 7) is 6.63. The van der Waals surface area contributed by atoms with Crippen molar-refractivity contribution < 1.29 is 4.79 Å². The molecule has 2 aromatic carbocycles. The number of thioether (sulfide) groups is 1. The second-order valence-corrected chi connectivity index (χ2v) is 8.71. The molecule has 3 nitrogen and oxygen atoms in total. The average molecular weight is 367 g/mol. The van der Waals surface area contributed by atoms with Gasteiger partial charge in [0.25, 0.3) is 0 Å². The van der Waals surface area contributed by atoms with Crippen molar-refractivity contribution in [3.63, 3.8) is 0 Å². The van der Waals surface area contributed by atoms with Crippen LogP contribution < -0.4 is 5.43 Å². The van der Waals surface area contributed by atoms with E-state index in [0.717, 1.165) is 12.0 Å². The fraction of sp³-hybridized carbons (Fsp3) is 0.364. The maximum Gasteiger partial charge on any atom is 0.243 e. The molecule has 26 heavy (non-hydrogen) atoms. The van der Waals surface area contributed by atoms with Crippen LogP contribution in [-0.4, -0.2) is 18.4 Å². The van der Waals surface area contributed by atoms with Crippen molar-refractivity contribution in [3.05, 3.63) is 65.2 Å². The molecule has 1 N–H and O–H groups in total. The van der Waals surface area contributed by atoms with E-state index in [1.165, 1.54) is 16.0 Å². The molecule has 2 atom stereocenters. The van der Waals surface area contributed by atoms with Gasteiger partial charge in [0.05, 0.1) is 6.21 Å². The molecular weight excluding hydrogens is 340 g/mol. The molecule has 2 aromatic rings. The van der Waals surface area contributed by atoms with Gasteiger partial charge in [-0.25, -0.2) is 5.43 Å². The van der Waals surface area contributed by atoms with Crippen LogP contribution in [-0.2, 0) is 10.2 Å². The quantitative estimate of drug-likeness (QED) is 0.462. The van der Waals surface area contributed by atoms with Crippen LogP contribution in [0.15, 0.2) is 58.5 Å². The molecule has 1 saturated carbocycles. The first-order valence-corrected chi connectivity index (χ1v) is 10.2. The summed E-state index contributed by atoms with van der Waals surface area (Å²) < 4.78 is 0. The Kier molecular flexibility index (Phi) is 5.52. The molecule has 1 amide bonds. The Balaban J connectivity index is 1.53. The highest BCUT2D eigenvalue weighted by atomic mass is 32.2. The van der Waals surface area contributed by atoms with Crippen LogP contribution >= 0.6 is 11.8 Å². The van der Waals surface area contributed by atoms with Crippen LogP contribution in [0.3, 0.4) is 0 Å². The minimum absolute atomic E-state index is 0.00637. The fourth-order valence-corrected chi connectivity index (χ4v) is 3.44. The molecule has 3 rings (SSSR count). The van der Waals surface area contributed by atoms with Crippen LogP contribution in [0.2, 0.25) is 0 Å². The lowest BCUT2D eigenvalue weighted by Gasteiger charge is -2.19. The summed E-state index contributed by atoms with van der Waals surface area (Å²) in [5, 5.41) is 4.10. The number of amides is 1. The number of rotatable bonds is 5. The second-order valence-electron chi connectivity index (χ2n) is 7.83. The third kappa shape index (κ3) is 4.55. The van der Waals surface area contributed by atoms with Gasteiger partial charge in [0.2, 0.25) is 5.91 Å². The van der Waals surface area contributed by atoms with Crippen LogP contribution in [0.1, 0.15) is 49.8 Å². The summed E-state index contributed by atoms with van der Waals surface area (Å²) in [5.41, 5.74) is 6.38. The molecule has 136 valence electrons. The predicted octanol–water partition coefficient (Wildman–Crippen LogP) is 4.96. The zero-order valence-corrected chi connectivity index (χ0v) is 16.6. The Morgan fingerprint density at radius 1 is 1.12 bits per heavy atom. The van der Waals surface area contributed by atoms with E-state index in [1.807, 2.05) is 30.5 Å². The van der Waals surface area contributed by atoms with Crippen molar-refractivity contribution in [3.8, 4) is 0 Å². The van der Waals surface area contributed by atoms with Crippen LogP contribution in [0.4, 0.5) is 0 Å². The van der Waals surface area contributed by atoms with Crippen LogP contribution in [0.5, 0.6) is 0 Å². The average Bonchev–Trinajstić information content (AvgIpc) is 3.42. The highest BCUT2D eigenvalue weighted by Gasteiger charge is 2.43. The summed E-state index contributed by atoms with van der Waals surface area (Å²) in [7, 11) is 0. The number of hydrogen-bond acceptors (Lipinski definition) is 3. The van der Waals surface area contributed by atoms with Gasteiger partial charge in [-0.15, -0.1) is 11.8 Å². The third-order valence-corrected chi connectivity index (χ3v) is 5.58. The lowest BCUT2D eigenvalue weighted by atomic mass is 9.86. The molecule has 0 radical (unpaired) electrons. The van der Waals surface area contributed by atoms with Gasteiger partial charge in [-0.2, -0.15) is 5.10 Å². The number of hydrogen-bond donors (Lipinski definition) is 1. The molecule has 1 aliphatic carbocycles. The first-order chi connectivity index (χ1) is 12.4. The maximum atomic E-state index is 12.3. The molecule has 0 saturated heterocycles. The number of nitrogens with one attached hydrogen (secondary N) is 1. The Hall–Kier alpha value is -2.07. The summed E-state index contributed by atoms with van der Waals surface area (Å²) >= 11 is 1.70. The normalized spacial score (nSPS) is 19.5. The summed E-state index contributed by atoms with van der Waals surface area (Å²) in [4.78, 5) is 13.5. The first kappa shape index (κ1) is 18.7. The lowest BCUT2D eigenvalue weighted by molar-refractivity contribution is -0.122. The minimum atomic E-state index is 0.00637. The van der Waals surface area contributed by atoms with Crippen molar-refractivity contribution >= 4 is 23.9 Å². The van der Waals surface area contributed by atoms with E-state index in [0.29, 0.717) is 5.92 Å². The van der Waals surface area contributed by atoms with Crippen LogP contribution in [0.25, 0.3) is 0 Å². The van der Waals surface area contributed by atoms with Crippen LogP contribution in [0, 0.1) is 5.92 Å². The molecule has 4 heteroatoms. The number of carbonyl (C=O) groups is 1. The van der Waals surface area contributed by atoms with Gasteiger partial charge in [-0.3, -0.25) is 4.79 Å². The van der Waals surface area contributed by atoms with Gasteiger partial charge in [0.15, 0.2) is 0 Å². The molecule has 0 aromatic heterocycles. The Morgan fingerprint density at radius 2 is 1.77 bits per heavy atom. The Morgan fingerprint density at radius 3 is 2.35 bits per heavy atom. The van der Waals surface area contributed by atoms with Crippen molar-refractivity contribution in [2.45, 2.75) is 43.4 Å². The van der Waals surface area contributed by atoms with Crippen molar-refractivity contribution in [2.75, 3.05) is 6.26 Å². The van der Waals surface area contributed by atoms with Crippen molar-refractivity contribution in [1.29, 1.82) is 0 Å². The van der Waals surface area contributed by atoms with Gasteiger partial charge in [0.1, 0.15) is 0 Å². The Labute approximate surface area is 160 Å². The van der Waals surface area contributed by atoms with E-state index in [4.69, 9.17) is 0 Å². The van der Waals surface area contributed by atoms with E-state index in [2.05, 4.69) is 55.6 Å². The number of benzene rings is 2.